The molecule has 2 rings (SSSR count). The van der Waals surface area contributed by atoms with E-state index < -0.39 is 0 Å². The SMILES string of the molecule is CC1(C)CC(c2ccccn2)CCO1. The Bertz CT molecular complexity index is 294. The molecule has 2 heteroatoms. The Labute approximate surface area is 85.3 Å². The number of ether oxygens (including phenoxy) is 1. The Morgan fingerprint density at radius 3 is 2.93 bits per heavy atom. The predicted molar refractivity (Wildman–Crippen MR) is 56.2 cm³/mol. The van der Waals surface area contributed by atoms with Gasteiger partial charge in [-0.25, -0.2) is 0 Å². The van der Waals surface area contributed by atoms with E-state index in [4.69, 9.17) is 4.74 Å². The second-order valence-electron chi connectivity index (χ2n) is 4.55. The zero-order chi connectivity index (χ0) is 10.0. The highest BCUT2D eigenvalue weighted by Crippen LogP contribution is 2.34. The summed E-state index contributed by atoms with van der Waals surface area (Å²) in [5, 5.41) is 0. The summed E-state index contributed by atoms with van der Waals surface area (Å²) in [6, 6.07) is 6.14. The summed E-state index contributed by atoms with van der Waals surface area (Å²) in [6.07, 6.45) is 4.04. The number of pyridine rings is 1. The van der Waals surface area contributed by atoms with Gasteiger partial charge in [0.05, 0.1) is 5.60 Å². The smallest absolute Gasteiger partial charge is 0.0632 e. The summed E-state index contributed by atoms with van der Waals surface area (Å²) < 4.78 is 5.69. The van der Waals surface area contributed by atoms with Crippen molar-refractivity contribution in [2.24, 2.45) is 0 Å². The fourth-order valence-electron chi connectivity index (χ4n) is 2.10. The van der Waals surface area contributed by atoms with Gasteiger partial charge in [0.2, 0.25) is 0 Å². The largest absolute Gasteiger partial charge is 0.376 e. The van der Waals surface area contributed by atoms with Crippen LogP contribution in [0, 0.1) is 0 Å². The van der Waals surface area contributed by atoms with Gasteiger partial charge < -0.3 is 4.74 Å². The van der Waals surface area contributed by atoms with Crippen molar-refractivity contribution in [1.82, 2.24) is 4.98 Å². The Kier molecular flexibility index (Phi) is 2.55. The van der Waals surface area contributed by atoms with Crippen molar-refractivity contribution in [2.45, 2.75) is 38.2 Å². The lowest BCUT2D eigenvalue weighted by atomic mass is 9.86. The van der Waals surface area contributed by atoms with Gasteiger partial charge >= 0.3 is 0 Å². The molecule has 1 aliphatic rings. The van der Waals surface area contributed by atoms with Crippen LogP contribution < -0.4 is 0 Å². The van der Waals surface area contributed by atoms with Crippen LogP contribution in [-0.2, 0) is 4.74 Å². The lowest BCUT2D eigenvalue weighted by Crippen LogP contribution is -2.33. The third-order valence-corrected chi connectivity index (χ3v) is 2.80. The molecular formula is C12H17NO. The summed E-state index contributed by atoms with van der Waals surface area (Å²) in [5.74, 6) is 0.569. The van der Waals surface area contributed by atoms with E-state index in [1.54, 1.807) is 0 Å². The normalized spacial score (nSPS) is 26.0. The molecule has 1 atom stereocenters. The summed E-state index contributed by atoms with van der Waals surface area (Å²) in [6.45, 7) is 5.17. The molecule has 0 aliphatic carbocycles. The molecule has 0 radical (unpaired) electrons. The van der Waals surface area contributed by atoms with E-state index in [1.807, 2.05) is 12.3 Å². The zero-order valence-corrected chi connectivity index (χ0v) is 8.86. The molecule has 14 heavy (non-hydrogen) atoms. The average molecular weight is 191 g/mol. The van der Waals surface area contributed by atoms with E-state index in [0.29, 0.717) is 5.92 Å². The van der Waals surface area contributed by atoms with Gasteiger partial charge in [-0.1, -0.05) is 6.07 Å². The maximum atomic E-state index is 5.69. The van der Waals surface area contributed by atoms with Gasteiger partial charge in [-0.2, -0.15) is 0 Å². The Hall–Kier alpha value is -0.890. The van der Waals surface area contributed by atoms with Crippen molar-refractivity contribution < 1.29 is 4.74 Å². The molecular weight excluding hydrogens is 174 g/mol. The van der Waals surface area contributed by atoms with Gasteiger partial charge in [-0.05, 0) is 38.8 Å². The highest BCUT2D eigenvalue weighted by molar-refractivity contribution is 5.11. The van der Waals surface area contributed by atoms with E-state index in [-0.39, 0.29) is 5.60 Å². The molecule has 0 N–H and O–H groups in total. The second-order valence-corrected chi connectivity index (χ2v) is 4.55. The van der Waals surface area contributed by atoms with Crippen LogP contribution in [0.4, 0.5) is 0 Å². The number of aromatic nitrogens is 1. The first-order chi connectivity index (χ1) is 6.67. The average Bonchev–Trinajstić information content (AvgIpc) is 2.18. The van der Waals surface area contributed by atoms with Crippen LogP contribution in [0.15, 0.2) is 24.4 Å². The topological polar surface area (TPSA) is 22.1 Å². The molecule has 0 bridgehead atoms. The quantitative estimate of drug-likeness (QED) is 0.681. The number of rotatable bonds is 1. The molecule has 2 heterocycles. The van der Waals surface area contributed by atoms with Crippen molar-refractivity contribution in [2.75, 3.05) is 6.61 Å². The third kappa shape index (κ3) is 2.13. The molecule has 1 fully saturated rings. The van der Waals surface area contributed by atoms with Gasteiger partial charge in [0.1, 0.15) is 0 Å². The minimum Gasteiger partial charge on any atom is -0.376 e. The van der Waals surface area contributed by atoms with E-state index in [9.17, 15) is 0 Å². The summed E-state index contributed by atoms with van der Waals surface area (Å²) in [4.78, 5) is 4.41. The molecule has 1 aliphatic heterocycles. The summed E-state index contributed by atoms with van der Waals surface area (Å²) in [5.41, 5.74) is 1.23. The van der Waals surface area contributed by atoms with Gasteiger partial charge in [-0.15, -0.1) is 0 Å². The molecule has 1 saturated heterocycles. The summed E-state index contributed by atoms with van der Waals surface area (Å²) in [7, 11) is 0. The molecule has 1 aromatic rings. The van der Waals surface area contributed by atoms with Gasteiger partial charge in [0.25, 0.3) is 0 Å². The van der Waals surface area contributed by atoms with Crippen molar-refractivity contribution in [3.63, 3.8) is 0 Å². The van der Waals surface area contributed by atoms with Crippen molar-refractivity contribution >= 4 is 0 Å². The zero-order valence-electron chi connectivity index (χ0n) is 8.86. The molecule has 1 aromatic heterocycles. The highest BCUT2D eigenvalue weighted by atomic mass is 16.5. The molecule has 2 nitrogen and oxygen atoms in total. The van der Waals surface area contributed by atoms with Crippen LogP contribution >= 0.6 is 0 Å². The lowest BCUT2D eigenvalue weighted by Gasteiger charge is -2.35. The Balaban J connectivity index is 2.12. The minimum atomic E-state index is 0.0143. The van der Waals surface area contributed by atoms with Crippen LogP contribution in [-0.4, -0.2) is 17.2 Å². The van der Waals surface area contributed by atoms with Crippen molar-refractivity contribution in [1.29, 1.82) is 0 Å². The van der Waals surface area contributed by atoms with Gasteiger partial charge in [0, 0.05) is 24.4 Å². The van der Waals surface area contributed by atoms with Gasteiger partial charge in [-0.3, -0.25) is 4.98 Å². The fraction of sp³-hybridized carbons (Fsp3) is 0.583. The first-order valence-corrected chi connectivity index (χ1v) is 5.22. The van der Waals surface area contributed by atoms with Crippen LogP contribution in [0.25, 0.3) is 0 Å². The standard InChI is InChI=1S/C12H17NO/c1-12(2)9-10(6-8-14-12)11-5-3-4-7-13-11/h3-5,7,10H,6,8-9H2,1-2H3. The molecule has 0 amide bonds. The third-order valence-electron chi connectivity index (χ3n) is 2.80. The number of nitrogens with zero attached hydrogens (tertiary/aromatic N) is 1. The highest BCUT2D eigenvalue weighted by Gasteiger charge is 2.29. The van der Waals surface area contributed by atoms with Crippen LogP contribution in [0.2, 0.25) is 0 Å². The monoisotopic (exact) mass is 191 g/mol. The number of hydrogen-bond acceptors (Lipinski definition) is 2. The first kappa shape index (κ1) is 9.66. The summed E-state index contributed by atoms with van der Waals surface area (Å²) >= 11 is 0. The Morgan fingerprint density at radius 1 is 1.43 bits per heavy atom. The van der Waals surface area contributed by atoms with Crippen LogP contribution in [0.5, 0.6) is 0 Å². The van der Waals surface area contributed by atoms with Crippen molar-refractivity contribution in [3.05, 3.63) is 30.1 Å². The number of hydrogen-bond donors (Lipinski definition) is 0. The molecule has 0 aromatic carbocycles. The molecule has 0 saturated carbocycles. The van der Waals surface area contributed by atoms with Crippen LogP contribution in [0.1, 0.15) is 38.3 Å². The maximum absolute atomic E-state index is 5.69. The molecule has 1 unspecified atom stereocenters. The lowest BCUT2D eigenvalue weighted by molar-refractivity contribution is -0.0597. The first-order valence-electron chi connectivity index (χ1n) is 5.22. The van der Waals surface area contributed by atoms with E-state index in [1.165, 1.54) is 5.69 Å². The molecule has 76 valence electrons. The minimum absolute atomic E-state index is 0.0143. The predicted octanol–water partition coefficient (Wildman–Crippen LogP) is 2.75. The van der Waals surface area contributed by atoms with E-state index >= 15 is 0 Å². The van der Waals surface area contributed by atoms with E-state index in [0.717, 1.165) is 19.4 Å². The fourth-order valence-corrected chi connectivity index (χ4v) is 2.10. The van der Waals surface area contributed by atoms with E-state index in [2.05, 4.69) is 31.0 Å². The van der Waals surface area contributed by atoms with Crippen molar-refractivity contribution in [3.8, 4) is 0 Å². The second kappa shape index (κ2) is 3.70. The maximum Gasteiger partial charge on any atom is 0.0632 e. The Morgan fingerprint density at radius 2 is 2.29 bits per heavy atom. The van der Waals surface area contributed by atoms with Gasteiger partial charge in [0.15, 0.2) is 0 Å². The van der Waals surface area contributed by atoms with Crippen LogP contribution in [0.3, 0.4) is 0 Å². The molecule has 0 spiro atoms.